The number of aromatic hydroxyl groups is 1. The number of rotatable bonds is 3. The van der Waals surface area contributed by atoms with Crippen LogP contribution in [0.3, 0.4) is 0 Å². The van der Waals surface area contributed by atoms with Crippen LogP contribution < -0.4 is 0 Å². The molecule has 0 aliphatic carbocycles. The second kappa shape index (κ2) is 4.06. The molecule has 0 saturated heterocycles. The second-order valence-corrected chi connectivity index (χ2v) is 3.07. The Morgan fingerprint density at radius 2 is 2.14 bits per heavy atom. The van der Waals surface area contributed by atoms with Gasteiger partial charge in [-0.25, -0.2) is 0 Å². The highest BCUT2D eigenvalue weighted by molar-refractivity contribution is 5.28. The molecular weight excluding hydrogens is 186 g/mol. The van der Waals surface area contributed by atoms with Crippen molar-refractivity contribution in [3.63, 3.8) is 0 Å². The van der Waals surface area contributed by atoms with Crippen molar-refractivity contribution < 1.29 is 15.1 Å². The van der Waals surface area contributed by atoms with Gasteiger partial charge in [0.05, 0.1) is 0 Å². The summed E-state index contributed by atoms with van der Waals surface area (Å²) in [6.07, 6.45) is -1.20. The largest absolute Gasteiger partial charge is 0.508 e. The third kappa shape index (κ3) is 2.20. The Morgan fingerprint density at radius 1 is 1.50 bits per heavy atom. The topological polar surface area (TPSA) is 83.6 Å². The van der Waals surface area contributed by atoms with Gasteiger partial charge in [-0.15, -0.1) is 0 Å². The summed E-state index contributed by atoms with van der Waals surface area (Å²) >= 11 is 0. The highest BCUT2D eigenvalue weighted by Crippen LogP contribution is 2.21. The summed E-state index contributed by atoms with van der Waals surface area (Å²) < 4.78 is 0. The first kappa shape index (κ1) is 10.5. The van der Waals surface area contributed by atoms with Gasteiger partial charge in [-0.1, -0.05) is 12.1 Å². The van der Waals surface area contributed by atoms with E-state index in [1.54, 1.807) is 0 Å². The first-order valence-corrected chi connectivity index (χ1v) is 4.13. The fraction of sp³-hybridized carbons (Fsp3) is 0.333. The number of phenols is 1. The number of nitrogens with zero attached hydrogens (tertiary/aromatic N) is 1. The van der Waals surface area contributed by atoms with Crippen LogP contribution in [0.25, 0.3) is 0 Å². The zero-order chi connectivity index (χ0) is 10.7. The van der Waals surface area contributed by atoms with E-state index >= 15 is 0 Å². The van der Waals surface area contributed by atoms with E-state index in [0.717, 1.165) is 0 Å². The smallest absolute Gasteiger partial charge is 0.239 e. The minimum absolute atomic E-state index is 0.0166. The normalized spacial score (nSPS) is 14.7. The van der Waals surface area contributed by atoms with E-state index in [9.17, 15) is 15.2 Å². The van der Waals surface area contributed by atoms with Crippen LogP contribution in [0.4, 0.5) is 0 Å². The van der Waals surface area contributed by atoms with Gasteiger partial charge in [0.25, 0.3) is 0 Å². The first-order chi connectivity index (χ1) is 6.52. The van der Waals surface area contributed by atoms with Crippen molar-refractivity contribution in [2.75, 3.05) is 0 Å². The van der Waals surface area contributed by atoms with Crippen LogP contribution in [0.5, 0.6) is 5.75 Å². The zero-order valence-corrected chi connectivity index (χ0v) is 7.62. The monoisotopic (exact) mass is 197 g/mol. The summed E-state index contributed by atoms with van der Waals surface area (Å²) in [4.78, 5) is 9.82. The number of benzene rings is 1. The lowest BCUT2D eigenvalue weighted by Gasteiger charge is -2.12. The molecule has 0 aromatic heterocycles. The SMILES string of the molecule is CC([C@H](O)c1cccc(O)c1)[N+](=O)[O-]. The lowest BCUT2D eigenvalue weighted by atomic mass is 10.0. The number of phenolic OH excluding ortho intramolecular Hbond substituents is 1. The van der Waals surface area contributed by atoms with Gasteiger partial charge < -0.3 is 10.2 Å². The molecule has 1 rings (SSSR count). The maximum Gasteiger partial charge on any atom is 0.239 e. The van der Waals surface area contributed by atoms with Crippen molar-refractivity contribution in [3.8, 4) is 5.75 Å². The summed E-state index contributed by atoms with van der Waals surface area (Å²) in [7, 11) is 0. The highest BCUT2D eigenvalue weighted by atomic mass is 16.6. The second-order valence-electron chi connectivity index (χ2n) is 3.07. The lowest BCUT2D eigenvalue weighted by Crippen LogP contribution is -2.23. The summed E-state index contributed by atoms with van der Waals surface area (Å²) in [6.45, 7) is 1.31. The highest BCUT2D eigenvalue weighted by Gasteiger charge is 2.25. The molecule has 1 aromatic carbocycles. The number of hydrogen-bond acceptors (Lipinski definition) is 4. The van der Waals surface area contributed by atoms with Crippen molar-refractivity contribution >= 4 is 0 Å². The van der Waals surface area contributed by atoms with E-state index in [0.29, 0.717) is 5.56 Å². The van der Waals surface area contributed by atoms with Crippen molar-refractivity contribution in [1.29, 1.82) is 0 Å². The van der Waals surface area contributed by atoms with Crippen LogP contribution in [0, 0.1) is 10.1 Å². The summed E-state index contributed by atoms with van der Waals surface area (Å²) in [6, 6.07) is 4.72. The summed E-state index contributed by atoms with van der Waals surface area (Å²) in [5.41, 5.74) is 0.342. The van der Waals surface area contributed by atoms with Crippen LogP contribution in [0.1, 0.15) is 18.6 Å². The van der Waals surface area contributed by atoms with Gasteiger partial charge in [0.15, 0.2) is 0 Å². The van der Waals surface area contributed by atoms with Gasteiger partial charge in [0, 0.05) is 11.8 Å². The van der Waals surface area contributed by atoms with Crippen LogP contribution in [0.15, 0.2) is 24.3 Å². The fourth-order valence-electron chi connectivity index (χ4n) is 1.10. The van der Waals surface area contributed by atoms with Gasteiger partial charge in [-0.2, -0.15) is 0 Å². The number of aliphatic hydroxyl groups excluding tert-OH is 1. The first-order valence-electron chi connectivity index (χ1n) is 4.13. The fourth-order valence-corrected chi connectivity index (χ4v) is 1.10. The van der Waals surface area contributed by atoms with E-state index in [-0.39, 0.29) is 5.75 Å². The van der Waals surface area contributed by atoms with Crippen molar-refractivity contribution in [3.05, 3.63) is 39.9 Å². The maximum absolute atomic E-state index is 10.4. The van der Waals surface area contributed by atoms with E-state index in [1.807, 2.05) is 0 Å². The molecule has 2 N–H and O–H groups in total. The average molecular weight is 197 g/mol. The lowest BCUT2D eigenvalue weighted by molar-refractivity contribution is -0.531. The predicted octanol–water partition coefficient (Wildman–Crippen LogP) is 1.09. The molecule has 14 heavy (non-hydrogen) atoms. The molecule has 0 fully saturated rings. The van der Waals surface area contributed by atoms with Crippen molar-refractivity contribution in [2.45, 2.75) is 19.1 Å². The molecular formula is C9H11NO4. The molecule has 0 radical (unpaired) electrons. The van der Waals surface area contributed by atoms with E-state index in [1.165, 1.54) is 31.2 Å². The van der Waals surface area contributed by atoms with Gasteiger partial charge in [0.2, 0.25) is 6.04 Å². The van der Waals surface area contributed by atoms with Gasteiger partial charge in [-0.3, -0.25) is 10.1 Å². The van der Waals surface area contributed by atoms with E-state index in [4.69, 9.17) is 5.11 Å². The molecule has 0 bridgehead atoms. The molecule has 0 aliphatic rings. The number of hydrogen-bond donors (Lipinski definition) is 2. The van der Waals surface area contributed by atoms with E-state index in [2.05, 4.69) is 0 Å². The molecule has 76 valence electrons. The molecule has 0 aliphatic heterocycles. The number of aliphatic hydroxyl groups is 1. The molecule has 5 heteroatoms. The van der Waals surface area contributed by atoms with Gasteiger partial charge in [-0.05, 0) is 17.7 Å². The van der Waals surface area contributed by atoms with Gasteiger partial charge in [0.1, 0.15) is 11.9 Å². The molecule has 0 saturated carbocycles. The average Bonchev–Trinajstić information content (AvgIpc) is 2.15. The van der Waals surface area contributed by atoms with Crippen LogP contribution >= 0.6 is 0 Å². The van der Waals surface area contributed by atoms with E-state index < -0.39 is 17.1 Å². The summed E-state index contributed by atoms with van der Waals surface area (Å²) in [5, 5.41) is 29.0. The molecule has 5 nitrogen and oxygen atoms in total. The third-order valence-electron chi connectivity index (χ3n) is 2.00. The maximum atomic E-state index is 10.4. The molecule has 0 heterocycles. The Bertz CT molecular complexity index is 339. The van der Waals surface area contributed by atoms with Gasteiger partial charge >= 0.3 is 0 Å². The Hall–Kier alpha value is -1.62. The quantitative estimate of drug-likeness (QED) is 0.561. The Labute approximate surface area is 80.8 Å². The van der Waals surface area contributed by atoms with Crippen molar-refractivity contribution in [2.24, 2.45) is 0 Å². The molecule has 0 amide bonds. The minimum Gasteiger partial charge on any atom is -0.508 e. The molecule has 1 unspecified atom stereocenters. The van der Waals surface area contributed by atoms with Crippen LogP contribution in [-0.4, -0.2) is 21.2 Å². The molecule has 1 aromatic rings. The molecule has 2 atom stereocenters. The van der Waals surface area contributed by atoms with Crippen LogP contribution in [-0.2, 0) is 0 Å². The number of nitro groups is 1. The summed E-state index contributed by atoms with van der Waals surface area (Å²) in [5.74, 6) is -0.0166. The Kier molecular flexibility index (Phi) is 3.03. The standard InChI is InChI=1S/C9H11NO4/c1-6(10(13)14)9(12)7-3-2-4-8(11)5-7/h2-6,9,11-12H,1H3/t6?,9-/m0/s1. The Balaban J connectivity index is 2.89. The van der Waals surface area contributed by atoms with Crippen LogP contribution in [0.2, 0.25) is 0 Å². The van der Waals surface area contributed by atoms with Crippen molar-refractivity contribution in [1.82, 2.24) is 0 Å². The Morgan fingerprint density at radius 3 is 2.64 bits per heavy atom. The predicted molar refractivity (Wildman–Crippen MR) is 49.5 cm³/mol. The third-order valence-corrected chi connectivity index (χ3v) is 2.00. The minimum atomic E-state index is -1.20. The molecule has 0 spiro atoms. The zero-order valence-electron chi connectivity index (χ0n) is 7.62.